The largest absolute Gasteiger partial charge is 0.349 e. The van der Waals surface area contributed by atoms with E-state index in [-0.39, 0.29) is 17.8 Å². The highest BCUT2D eigenvalue weighted by atomic mass is 32.2. The molecule has 2 aliphatic rings. The van der Waals surface area contributed by atoms with Crippen molar-refractivity contribution >= 4 is 17.7 Å². The zero-order valence-electron chi connectivity index (χ0n) is 12.6. The van der Waals surface area contributed by atoms with Crippen molar-refractivity contribution in [2.24, 2.45) is 11.8 Å². The van der Waals surface area contributed by atoms with Crippen LogP contribution in [0.3, 0.4) is 0 Å². The summed E-state index contributed by atoms with van der Waals surface area (Å²) in [5.41, 5.74) is 1.67. The Morgan fingerprint density at radius 3 is 2.83 bits per heavy atom. The van der Waals surface area contributed by atoms with E-state index in [4.69, 9.17) is 0 Å². The van der Waals surface area contributed by atoms with Gasteiger partial charge in [-0.15, -0.1) is 0 Å². The zero-order valence-corrected chi connectivity index (χ0v) is 13.4. The molecule has 2 heterocycles. The maximum Gasteiger partial charge on any atom is 0.255 e. The maximum absolute atomic E-state index is 13.4. The van der Waals surface area contributed by atoms with Crippen LogP contribution in [0.5, 0.6) is 0 Å². The van der Waals surface area contributed by atoms with Gasteiger partial charge in [0, 0.05) is 11.6 Å². The summed E-state index contributed by atoms with van der Waals surface area (Å²) in [6.07, 6.45) is 3.65. The SMILES string of the molecule is O=C(NC1C[C@@H]2CSC[C@H]2C1)c1cn[nH]c1-c1cccc(F)c1. The van der Waals surface area contributed by atoms with Gasteiger partial charge in [0.15, 0.2) is 0 Å². The van der Waals surface area contributed by atoms with Gasteiger partial charge in [-0.2, -0.15) is 16.9 Å². The van der Waals surface area contributed by atoms with E-state index >= 15 is 0 Å². The first kappa shape index (κ1) is 14.8. The number of benzene rings is 1. The molecule has 6 heteroatoms. The van der Waals surface area contributed by atoms with E-state index in [0.717, 1.165) is 24.7 Å². The molecule has 0 radical (unpaired) electrons. The molecule has 0 unspecified atom stereocenters. The van der Waals surface area contributed by atoms with Crippen molar-refractivity contribution < 1.29 is 9.18 Å². The van der Waals surface area contributed by atoms with Gasteiger partial charge in [0.2, 0.25) is 0 Å². The van der Waals surface area contributed by atoms with Crippen LogP contribution in [0.15, 0.2) is 30.5 Å². The Balaban J connectivity index is 1.50. The molecule has 120 valence electrons. The lowest BCUT2D eigenvalue weighted by molar-refractivity contribution is 0.0937. The molecule has 1 aromatic heterocycles. The van der Waals surface area contributed by atoms with Gasteiger partial charge in [-0.3, -0.25) is 9.89 Å². The minimum Gasteiger partial charge on any atom is -0.349 e. The van der Waals surface area contributed by atoms with E-state index in [1.165, 1.54) is 29.8 Å². The lowest BCUT2D eigenvalue weighted by atomic mass is 10.0. The number of nitrogens with one attached hydrogen (secondary N) is 2. The molecule has 4 nitrogen and oxygen atoms in total. The van der Waals surface area contributed by atoms with Crippen LogP contribution < -0.4 is 5.32 Å². The average Bonchev–Trinajstić information content (AvgIpc) is 3.22. The molecule has 4 rings (SSSR count). The number of rotatable bonds is 3. The number of halogens is 1. The van der Waals surface area contributed by atoms with Crippen LogP contribution >= 0.6 is 11.8 Å². The lowest BCUT2D eigenvalue weighted by Crippen LogP contribution is -2.33. The second-order valence-corrected chi connectivity index (χ2v) is 7.44. The fourth-order valence-corrected chi connectivity index (χ4v) is 5.25. The van der Waals surface area contributed by atoms with Crippen LogP contribution in [-0.4, -0.2) is 33.7 Å². The van der Waals surface area contributed by atoms with E-state index in [1.807, 2.05) is 11.8 Å². The smallest absolute Gasteiger partial charge is 0.255 e. The van der Waals surface area contributed by atoms with Gasteiger partial charge >= 0.3 is 0 Å². The fraction of sp³-hybridized carbons (Fsp3) is 0.412. The molecule has 0 spiro atoms. The predicted molar refractivity (Wildman–Crippen MR) is 88.8 cm³/mol. The molecule has 2 fully saturated rings. The highest BCUT2D eigenvalue weighted by Crippen LogP contribution is 2.42. The van der Waals surface area contributed by atoms with Crippen molar-refractivity contribution in [3.05, 3.63) is 41.8 Å². The quantitative estimate of drug-likeness (QED) is 0.909. The number of aromatic amines is 1. The van der Waals surface area contributed by atoms with Gasteiger partial charge in [0.1, 0.15) is 5.82 Å². The average molecular weight is 331 g/mol. The van der Waals surface area contributed by atoms with Crippen LogP contribution in [-0.2, 0) is 0 Å². The van der Waals surface area contributed by atoms with E-state index in [9.17, 15) is 9.18 Å². The van der Waals surface area contributed by atoms with Gasteiger partial charge < -0.3 is 5.32 Å². The third-order valence-corrected chi connectivity index (χ3v) is 6.17. The van der Waals surface area contributed by atoms with Crippen LogP contribution in [0, 0.1) is 17.7 Å². The highest BCUT2D eigenvalue weighted by Gasteiger charge is 2.38. The summed E-state index contributed by atoms with van der Waals surface area (Å²) in [5, 5.41) is 9.92. The monoisotopic (exact) mass is 331 g/mol. The number of H-pyrrole nitrogens is 1. The molecule has 1 aliphatic heterocycles. The van der Waals surface area contributed by atoms with Crippen LogP contribution in [0.25, 0.3) is 11.3 Å². The minimum atomic E-state index is -0.329. The number of aromatic nitrogens is 2. The molecule has 2 N–H and O–H groups in total. The Hall–Kier alpha value is -1.82. The van der Waals surface area contributed by atoms with Crippen LogP contribution in [0.2, 0.25) is 0 Å². The summed E-state index contributed by atoms with van der Waals surface area (Å²) >= 11 is 2.02. The number of hydrogen-bond donors (Lipinski definition) is 2. The Labute approximate surface area is 138 Å². The van der Waals surface area contributed by atoms with Gasteiger partial charge in [-0.25, -0.2) is 4.39 Å². The summed E-state index contributed by atoms with van der Waals surface area (Å²) in [4.78, 5) is 12.6. The van der Waals surface area contributed by atoms with Crippen molar-refractivity contribution in [2.45, 2.75) is 18.9 Å². The first-order valence-corrected chi connectivity index (χ1v) is 9.04. The molecule has 1 aromatic carbocycles. The molecular formula is C17H18FN3OS. The molecule has 2 atom stereocenters. The zero-order chi connectivity index (χ0) is 15.8. The Kier molecular flexibility index (Phi) is 3.85. The van der Waals surface area contributed by atoms with Gasteiger partial charge in [0.25, 0.3) is 5.91 Å². The van der Waals surface area contributed by atoms with E-state index < -0.39 is 0 Å². The number of hydrogen-bond acceptors (Lipinski definition) is 3. The molecule has 1 saturated carbocycles. The Morgan fingerprint density at radius 1 is 1.30 bits per heavy atom. The number of fused-ring (bicyclic) bond motifs is 1. The molecular weight excluding hydrogens is 313 g/mol. The number of amides is 1. The molecule has 0 bridgehead atoms. The van der Waals surface area contributed by atoms with Crippen LogP contribution in [0.1, 0.15) is 23.2 Å². The first-order valence-electron chi connectivity index (χ1n) is 7.88. The summed E-state index contributed by atoms with van der Waals surface area (Å²) in [6, 6.07) is 6.43. The lowest BCUT2D eigenvalue weighted by Gasteiger charge is -2.13. The second-order valence-electron chi connectivity index (χ2n) is 6.37. The van der Waals surface area contributed by atoms with E-state index in [0.29, 0.717) is 16.8 Å². The van der Waals surface area contributed by atoms with Crippen molar-refractivity contribution in [3.8, 4) is 11.3 Å². The number of carbonyl (C=O) groups excluding carboxylic acids is 1. The van der Waals surface area contributed by atoms with Crippen molar-refractivity contribution in [1.82, 2.24) is 15.5 Å². The number of thioether (sulfide) groups is 1. The summed E-state index contributed by atoms with van der Waals surface area (Å²) in [6.45, 7) is 0. The normalized spacial score (nSPS) is 23.9. The minimum absolute atomic E-state index is 0.129. The van der Waals surface area contributed by atoms with Crippen molar-refractivity contribution in [3.63, 3.8) is 0 Å². The Morgan fingerprint density at radius 2 is 2.09 bits per heavy atom. The molecule has 2 aromatic rings. The maximum atomic E-state index is 13.4. The van der Waals surface area contributed by atoms with Crippen molar-refractivity contribution in [1.29, 1.82) is 0 Å². The summed E-state index contributed by atoms with van der Waals surface area (Å²) in [5.74, 6) is 3.48. The first-order chi connectivity index (χ1) is 11.2. The fourth-order valence-electron chi connectivity index (χ4n) is 3.69. The van der Waals surface area contributed by atoms with Gasteiger partial charge in [-0.05, 0) is 48.3 Å². The Bertz CT molecular complexity index is 720. The highest BCUT2D eigenvalue weighted by molar-refractivity contribution is 7.99. The third kappa shape index (κ3) is 2.87. The van der Waals surface area contributed by atoms with Crippen molar-refractivity contribution in [2.75, 3.05) is 11.5 Å². The van der Waals surface area contributed by atoms with E-state index in [1.54, 1.807) is 12.1 Å². The predicted octanol–water partition coefficient (Wildman–Crippen LogP) is 3.09. The number of carbonyl (C=O) groups is 1. The molecule has 1 amide bonds. The molecule has 1 aliphatic carbocycles. The topological polar surface area (TPSA) is 57.8 Å². The second kappa shape index (κ2) is 6.00. The summed E-state index contributed by atoms with van der Waals surface area (Å²) < 4.78 is 13.4. The van der Waals surface area contributed by atoms with Crippen LogP contribution in [0.4, 0.5) is 4.39 Å². The van der Waals surface area contributed by atoms with Gasteiger partial charge in [-0.1, -0.05) is 12.1 Å². The summed E-state index contributed by atoms with van der Waals surface area (Å²) in [7, 11) is 0. The van der Waals surface area contributed by atoms with E-state index in [2.05, 4.69) is 15.5 Å². The number of nitrogens with zero attached hydrogens (tertiary/aromatic N) is 1. The molecule has 1 saturated heterocycles. The molecule has 23 heavy (non-hydrogen) atoms. The van der Waals surface area contributed by atoms with Gasteiger partial charge in [0.05, 0.1) is 17.5 Å². The third-order valence-electron chi connectivity index (χ3n) is 4.84. The standard InChI is InChI=1S/C17H18FN3OS/c18-13-3-1-2-10(4-13)16-15(7-19-21-16)17(22)20-14-5-11-8-23-9-12(11)6-14/h1-4,7,11-12,14H,5-6,8-9H2,(H,19,21)(H,20,22)/t11-,12-/m1/s1.